The number of benzene rings is 1. The molecule has 0 aromatic heterocycles. The number of hydrogen-bond donors (Lipinski definition) is 3. The summed E-state index contributed by atoms with van der Waals surface area (Å²) >= 11 is 0. The largest absolute Gasteiger partial charge is 0.398 e. The molecule has 1 aromatic rings. The van der Waals surface area contributed by atoms with Crippen LogP contribution in [-0.2, 0) is 10.0 Å². The first kappa shape index (κ1) is 15.9. The van der Waals surface area contributed by atoms with Crippen molar-refractivity contribution in [2.75, 3.05) is 12.3 Å². The third kappa shape index (κ3) is 3.68. The summed E-state index contributed by atoms with van der Waals surface area (Å²) < 4.78 is 27.5. The highest BCUT2D eigenvalue weighted by Crippen LogP contribution is 2.26. The van der Waals surface area contributed by atoms with Gasteiger partial charge in [0.05, 0.1) is 5.69 Å². The Kier molecular flexibility index (Phi) is 4.60. The Balaban J connectivity index is 3.26. The lowest BCUT2D eigenvalue weighted by atomic mass is 10.0. The summed E-state index contributed by atoms with van der Waals surface area (Å²) in [6, 6.07) is 3.39. The highest BCUT2D eigenvalue weighted by molar-refractivity contribution is 7.89. The third-order valence-corrected chi connectivity index (χ3v) is 5.02. The Morgan fingerprint density at radius 3 is 2.42 bits per heavy atom. The predicted octanol–water partition coefficient (Wildman–Crippen LogP) is 1.32. The van der Waals surface area contributed by atoms with Crippen LogP contribution in [0.25, 0.3) is 0 Å². The van der Waals surface area contributed by atoms with E-state index in [0.717, 1.165) is 5.56 Å². The van der Waals surface area contributed by atoms with Crippen LogP contribution in [0, 0.1) is 13.8 Å². The minimum absolute atomic E-state index is 0.0855. The molecule has 0 unspecified atom stereocenters. The van der Waals surface area contributed by atoms with Gasteiger partial charge in [-0.05, 0) is 51.3 Å². The summed E-state index contributed by atoms with van der Waals surface area (Å²) in [7, 11) is -3.71. The van der Waals surface area contributed by atoms with Crippen LogP contribution in [-0.4, -0.2) is 25.7 Å². The first-order valence-corrected chi connectivity index (χ1v) is 7.59. The number of anilines is 1. The quantitative estimate of drug-likeness (QED) is 0.712. The van der Waals surface area contributed by atoms with Crippen molar-refractivity contribution < 1.29 is 13.5 Å². The van der Waals surface area contributed by atoms with Crippen LogP contribution in [0.4, 0.5) is 5.69 Å². The summed E-state index contributed by atoms with van der Waals surface area (Å²) in [5.74, 6) is 0. The van der Waals surface area contributed by atoms with Crippen molar-refractivity contribution in [3.63, 3.8) is 0 Å². The molecule has 0 spiro atoms. The molecule has 0 heterocycles. The topological polar surface area (TPSA) is 92.4 Å². The molecular formula is C13H22N2O3S. The molecule has 0 saturated carbocycles. The minimum Gasteiger partial charge on any atom is -0.398 e. The van der Waals surface area contributed by atoms with Crippen molar-refractivity contribution in [2.24, 2.45) is 0 Å². The van der Waals surface area contributed by atoms with Gasteiger partial charge in [-0.25, -0.2) is 13.1 Å². The molecule has 4 N–H and O–H groups in total. The van der Waals surface area contributed by atoms with Gasteiger partial charge < -0.3 is 10.8 Å². The van der Waals surface area contributed by atoms with Gasteiger partial charge in [0.25, 0.3) is 0 Å². The zero-order chi connectivity index (χ0) is 14.8. The fraction of sp³-hybridized carbons (Fsp3) is 0.538. The molecule has 1 aromatic carbocycles. The number of hydrogen-bond acceptors (Lipinski definition) is 4. The van der Waals surface area contributed by atoms with Crippen molar-refractivity contribution >= 4 is 15.7 Å². The van der Waals surface area contributed by atoms with Gasteiger partial charge in [-0.15, -0.1) is 0 Å². The summed E-state index contributed by atoms with van der Waals surface area (Å²) in [6.07, 6.45) is 0.330. The molecule has 0 aliphatic rings. The summed E-state index contributed by atoms with van der Waals surface area (Å²) in [4.78, 5) is 0.124. The lowest BCUT2D eigenvalue weighted by Crippen LogP contribution is -2.44. The van der Waals surface area contributed by atoms with Gasteiger partial charge in [0.2, 0.25) is 10.0 Å². The number of aliphatic hydroxyl groups excluding tert-OH is 1. The first-order valence-electron chi connectivity index (χ1n) is 6.11. The second kappa shape index (κ2) is 5.48. The molecule has 0 saturated heterocycles. The first-order chi connectivity index (χ1) is 8.60. The van der Waals surface area contributed by atoms with E-state index in [9.17, 15) is 8.42 Å². The monoisotopic (exact) mass is 286 g/mol. The van der Waals surface area contributed by atoms with Crippen LogP contribution in [0.5, 0.6) is 0 Å². The van der Waals surface area contributed by atoms with Gasteiger partial charge in [0.1, 0.15) is 4.90 Å². The standard InChI is InChI=1S/C13H22N2O3S/c1-9-5-6-11(14)12(10(9)2)19(17,18)15-13(3,4)7-8-16/h5-6,15-16H,7-8,14H2,1-4H3. The molecule has 0 radical (unpaired) electrons. The van der Waals surface area contributed by atoms with E-state index in [0.29, 0.717) is 12.0 Å². The van der Waals surface area contributed by atoms with Crippen molar-refractivity contribution in [3.05, 3.63) is 23.3 Å². The van der Waals surface area contributed by atoms with Crippen LogP contribution >= 0.6 is 0 Å². The zero-order valence-corrected chi connectivity index (χ0v) is 12.6. The fourth-order valence-electron chi connectivity index (χ4n) is 1.91. The Labute approximate surface area is 114 Å². The molecule has 0 aliphatic carbocycles. The maximum absolute atomic E-state index is 12.4. The second-order valence-electron chi connectivity index (χ2n) is 5.39. The van der Waals surface area contributed by atoms with Gasteiger partial charge in [0.15, 0.2) is 0 Å². The highest BCUT2D eigenvalue weighted by Gasteiger charge is 2.28. The molecular weight excluding hydrogens is 264 g/mol. The summed E-state index contributed by atoms with van der Waals surface area (Å²) in [5, 5.41) is 8.96. The lowest BCUT2D eigenvalue weighted by molar-refractivity contribution is 0.246. The number of nitrogens with two attached hydrogens (primary N) is 1. The molecule has 1 rings (SSSR count). The molecule has 5 nitrogen and oxygen atoms in total. The summed E-state index contributed by atoms with van der Waals surface area (Å²) in [6.45, 7) is 6.94. The van der Waals surface area contributed by atoms with Crippen molar-refractivity contribution in [1.82, 2.24) is 4.72 Å². The molecule has 0 bridgehead atoms. The number of rotatable bonds is 5. The van der Waals surface area contributed by atoms with E-state index < -0.39 is 15.6 Å². The highest BCUT2D eigenvalue weighted by atomic mass is 32.2. The Morgan fingerprint density at radius 1 is 1.32 bits per heavy atom. The normalized spacial score (nSPS) is 12.7. The molecule has 0 fully saturated rings. The van der Waals surface area contributed by atoms with E-state index in [-0.39, 0.29) is 17.2 Å². The van der Waals surface area contributed by atoms with Crippen molar-refractivity contribution in [1.29, 1.82) is 0 Å². The van der Waals surface area contributed by atoms with Gasteiger partial charge >= 0.3 is 0 Å². The van der Waals surface area contributed by atoms with Gasteiger partial charge in [-0.1, -0.05) is 6.07 Å². The smallest absolute Gasteiger partial charge is 0.243 e. The summed E-state index contributed by atoms with van der Waals surface area (Å²) in [5.41, 5.74) is 6.82. The van der Waals surface area contributed by atoms with E-state index in [4.69, 9.17) is 10.8 Å². The maximum Gasteiger partial charge on any atom is 0.243 e. The predicted molar refractivity (Wildman–Crippen MR) is 76.4 cm³/mol. The van der Waals surface area contributed by atoms with Gasteiger partial charge in [-0.3, -0.25) is 0 Å². The Morgan fingerprint density at radius 2 is 1.89 bits per heavy atom. The number of nitrogens with one attached hydrogen (secondary N) is 1. The average Bonchev–Trinajstić information content (AvgIpc) is 2.21. The minimum atomic E-state index is -3.71. The zero-order valence-electron chi connectivity index (χ0n) is 11.8. The van der Waals surface area contributed by atoms with E-state index in [1.165, 1.54) is 0 Å². The number of aryl methyl sites for hydroxylation is 1. The van der Waals surface area contributed by atoms with Crippen LogP contribution in [0.3, 0.4) is 0 Å². The molecule has 6 heteroatoms. The van der Waals surface area contributed by atoms with E-state index in [1.807, 2.05) is 6.92 Å². The fourth-order valence-corrected chi connectivity index (χ4v) is 3.79. The van der Waals surface area contributed by atoms with E-state index >= 15 is 0 Å². The molecule has 108 valence electrons. The van der Waals surface area contributed by atoms with Gasteiger partial charge in [0, 0.05) is 12.1 Å². The molecule has 0 amide bonds. The number of aliphatic hydroxyl groups is 1. The number of nitrogen functional groups attached to an aromatic ring is 1. The number of sulfonamides is 1. The van der Waals surface area contributed by atoms with E-state index in [1.54, 1.807) is 32.9 Å². The Bertz CT molecular complexity index is 565. The van der Waals surface area contributed by atoms with E-state index in [2.05, 4.69) is 4.72 Å². The SMILES string of the molecule is Cc1ccc(N)c(S(=O)(=O)NC(C)(C)CCO)c1C. The van der Waals surface area contributed by atoms with Crippen LogP contribution < -0.4 is 10.5 Å². The molecule has 19 heavy (non-hydrogen) atoms. The van der Waals surface area contributed by atoms with Crippen molar-refractivity contribution in [3.8, 4) is 0 Å². The second-order valence-corrected chi connectivity index (χ2v) is 7.01. The average molecular weight is 286 g/mol. The van der Waals surface area contributed by atoms with Crippen LogP contribution in [0.15, 0.2) is 17.0 Å². The molecule has 0 aliphatic heterocycles. The molecule has 0 atom stereocenters. The van der Waals surface area contributed by atoms with Crippen molar-refractivity contribution in [2.45, 2.75) is 44.6 Å². The Hall–Kier alpha value is -1.11. The van der Waals surface area contributed by atoms with Crippen LogP contribution in [0.1, 0.15) is 31.4 Å². The third-order valence-electron chi connectivity index (χ3n) is 3.12. The van der Waals surface area contributed by atoms with Gasteiger partial charge in [-0.2, -0.15) is 0 Å². The van der Waals surface area contributed by atoms with Crippen LogP contribution in [0.2, 0.25) is 0 Å². The lowest BCUT2D eigenvalue weighted by Gasteiger charge is -2.26. The maximum atomic E-state index is 12.4.